The van der Waals surface area contributed by atoms with Crippen molar-refractivity contribution >= 4 is 22.6 Å². The number of aliphatic hydroxyl groups excluding tert-OH is 1. The Hall–Kier alpha value is -2.19. The van der Waals surface area contributed by atoms with E-state index in [4.69, 9.17) is 0 Å². The normalized spacial score (nSPS) is 24.2. The van der Waals surface area contributed by atoms with Crippen molar-refractivity contribution in [3.63, 3.8) is 0 Å². The van der Waals surface area contributed by atoms with Crippen LogP contribution in [0.15, 0.2) is 18.2 Å². The molecule has 2 N–H and O–H groups in total. The Morgan fingerprint density at radius 3 is 3.04 bits per heavy atom. The van der Waals surface area contributed by atoms with Gasteiger partial charge in [-0.2, -0.15) is 0 Å². The van der Waals surface area contributed by atoms with Crippen LogP contribution in [0.2, 0.25) is 0 Å². The first-order valence-electron chi connectivity index (χ1n) is 8.86. The lowest BCUT2D eigenvalue weighted by Gasteiger charge is -2.42. The Morgan fingerprint density at radius 1 is 1.40 bits per heavy atom. The number of piperazine rings is 1. The molecule has 2 saturated heterocycles. The Kier molecular flexibility index (Phi) is 4.30. The minimum Gasteiger partial charge on any atom is -0.394 e. The molecule has 3 heterocycles. The number of nitrogens with one attached hydrogen (secondary N) is 1. The molecule has 2 aromatic rings. The van der Waals surface area contributed by atoms with E-state index in [9.17, 15) is 9.90 Å². The summed E-state index contributed by atoms with van der Waals surface area (Å²) in [6, 6.07) is 5.80. The van der Waals surface area contributed by atoms with E-state index in [0.29, 0.717) is 13.1 Å². The van der Waals surface area contributed by atoms with Crippen molar-refractivity contribution in [3.8, 4) is 0 Å². The van der Waals surface area contributed by atoms with Crippen LogP contribution < -0.4 is 10.2 Å². The van der Waals surface area contributed by atoms with Crippen molar-refractivity contribution in [1.82, 2.24) is 25.2 Å². The fourth-order valence-electron chi connectivity index (χ4n) is 3.85. The zero-order chi connectivity index (χ0) is 17.4. The highest BCUT2D eigenvalue weighted by Gasteiger charge is 2.34. The zero-order valence-electron chi connectivity index (χ0n) is 14.4. The van der Waals surface area contributed by atoms with Crippen molar-refractivity contribution < 1.29 is 9.90 Å². The second-order valence-electron chi connectivity index (χ2n) is 6.85. The molecule has 134 valence electrons. The monoisotopic (exact) mass is 344 g/mol. The summed E-state index contributed by atoms with van der Waals surface area (Å²) in [5.74, 6) is 0.127. The Balaban J connectivity index is 1.51. The van der Waals surface area contributed by atoms with Crippen LogP contribution >= 0.6 is 0 Å². The number of aromatic nitrogens is 3. The summed E-state index contributed by atoms with van der Waals surface area (Å²) in [4.78, 5) is 16.8. The number of hydrogen-bond donors (Lipinski definition) is 2. The molecular weight excluding hydrogens is 320 g/mol. The zero-order valence-corrected chi connectivity index (χ0v) is 14.4. The number of nitrogens with zero attached hydrogens (tertiary/aromatic N) is 5. The number of anilines is 1. The lowest BCUT2D eigenvalue weighted by Crippen LogP contribution is -2.59. The third-order valence-corrected chi connectivity index (χ3v) is 5.29. The van der Waals surface area contributed by atoms with Gasteiger partial charge in [0.05, 0.1) is 24.2 Å². The van der Waals surface area contributed by atoms with Crippen molar-refractivity contribution in [1.29, 1.82) is 0 Å². The number of benzene rings is 1. The molecule has 25 heavy (non-hydrogen) atoms. The van der Waals surface area contributed by atoms with Gasteiger partial charge in [0.1, 0.15) is 5.52 Å². The predicted molar refractivity (Wildman–Crippen MR) is 94.3 cm³/mol. The highest BCUT2D eigenvalue weighted by atomic mass is 16.3. The summed E-state index contributed by atoms with van der Waals surface area (Å²) >= 11 is 0. The van der Waals surface area contributed by atoms with Gasteiger partial charge in [-0.3, -0.25) is 4.79 Å². The molecule has 1 aromatic heterocycles. The van der Waals surface area contributed by atoms with Crippen LogP contribution in [0.3, 0.4) is 0 Å². The van der Waals surface area contributed by atoms with Crippen LogP contribution in [0.4, 0.5) is 5.69 Å². The molecule has 4 rings (SSSR count). The smallest absolute Gasteiger partial charge is 0.240 e. The van der Waals surface area contributed by atoms with Gasteiger partial charge in [0, 0.05) is 32.4 Å². The van der Waals surface area contributed by atoms with Gasteiger partial charge in [-0.05, 0) is 37.6 Å². The standard InChI is InChI=1S/C17H24N6O2/c1-21-16-9-12(4-5-14(16)19-20-21)22-7-8-23(13(10-22)11-24)17(25)15-3-2-6-18-15/h4-5,9,13,15,18,24H,2-3,6-8,10-11H2,1H3/t13-,15?/m0/s1. The third kappa shape index (κ3) is 2.96. The van der Waals surface area contributed by atoms with E-state index in [1.165, 1.54) is 0 Å². The van der Waals surface area contributed by atoms with Crippen LogP contribution in [0.5, 0.6) is 0 Å². The van der Waals surface area contributed by atoms with Gasteiger partial charge in [-0.1, -0.05) is 5.21 Å². The first-order chi connectivity index (χ1) is 12.2. The van der Waals surface area contributed by atoms with Crippen molar-refractivity contribution in [2.24, 2.45) is 7.05 Å². The van der Waals surface area contributed by atoms with E-state index in [1.54, 1.807) is 4.68 Å². The van der Waals surface area contributed by atoms with E-state index in [1.807, 2.05) is 24.1 Å². The number of hydrogen-bond acceptors (Lipinski definition) is 6. The summed E-state index contributed by atoms with van der Waals surface area (Å²) in [6.45, 7) is 2.89. The second-order valence-corrected chi connectivity index (χ2v) is 6.85. The van der Waals surface area contributed by atoms with Crippen LogP contribution in [0, 0.1) is 0 Å². The van der Waals surface area contributed by atoms with Crippen molar-refractivity contribution in [3.05, 3.63) is 18.2 Å². The van der Waals surface area contributed by atoms with Crippen molar-refractivity contribution in [2.45, 2.75) is 24.9 Å². The second kappa shape index (κ2) is 6.61. The van der Waals surface area contributed by atoms with Gasteiger partial charge >= 0.3 is 0 Å². The molecular formula is C17H24N6O2. The molecule has 2 aliphatic heterocycles. The highest BCUT2D eigenvalue weighted by molar-refractivity contribution is 5.83. The molecule has 0 radical (unpaired) electrons. The number of fused-ring (bicyclic) bond motifs is 1. The Labute approximate surface area is 146 Å². The fraction of sp³-hybridized carbons (Fsp3) is 0.588. The molecule has 0 aliphatic carbocycles. The molecule has 1 amide bonds. The number of aliphatic hydroxyl groups is 1. The van der Waals surface area contributed by atoms with Gasteiger partial charge in [-0.25, -0.2) is 4.68 Å². The minimum atomic E-state index is -0.177. The summed E-state index contributed by atoms with van der Waals surface area (Å²) < 4.78 is 1.76. The summed E-state index contributed by atoms with van der Waals surface area (Å²) in [5.41, 5.74) is 2.92. The van der Waals surface area contributed by atoms with Gasteiger partial charge in [-0.15, -0.1) is 5.10 Å². The molecule has 2 fully saturated rings. The molecule has 2 aliphatic rings. The molecule has 0 spiro atoms. The predicted octanol–water partition coefficient (Wildman–Crippen LogP) is -0.270. The van der Waals surface area contributed by atoms with Gasteiger partial charge in [0.2, 0.25) is 5.91 Å². The number of carbonyl (C=O) groups is 1. The molecule has 0 saturated carbocycles. The van der Waals surface area contributed by atoms with Gasteiger partial charge in [0.15, 0.2) is 0 Å². The fourth-order valence-corrected chi connectivity index (χ4v) is 3.85. The van der Waals surface area contributed by atoms with Crippen LogP contribution in [-0.2, 0) is 11.8 Å². The Morgan fingerprint density at radius 2 is 2.28 bits per heavy atom. The topological polar surface area (TPSA) is 86.5 Å². The number of aryl methyl sites for hydroxylation is 1. The van der Waals surface area contributed by atoms with Crippen LogP contribution in [0.25, 0.3) is 11.0 Å². The summed E-state index contributed by atoms with van der Waals surface area (Å²) in [5, 5.41) is 21.2. The molecule has 8 heteroatoms. The maximum Gasteiger partial charge on any atom is 0.240 e. The van der Waals surface area contributed by atoms with Gasteiger partial charge < -0.3 is 20.2 Å². The first-order valence-corrected chi connectivity index (χ1v) is 8.86. The van der Waals surface area contributed by atoms with Gasteiger partial charge in [0.25, 0.3) is 0 Å². The van der Waals surface area contributed by atoms with E-state index >= 15 is 0 Å². The van der Waals surface area contributed by atoms with Crippen LogP contribution in [0.1, 0.15) is 12.8 Å². The molecule has 1 unspecified atom stereocenters. The number of rotatable bonds is 3. The van der Waals surface area contributed by atoms with E-state index < -0.39 is 0 Å². The highest BCUT2D eigenvalue weighted by Crippen LogP contribution is 2.24. The first kappa shape index (κ1) is 16.3. The summed E-state index contributed by atoms with van der Waals surface area (Å²) in [6.07, 6.45) is 1.93. The quantitative estimate of drug-likeness (QED) is 0.797. The van der Waals surface area contributed by atoms with E-state index in [0.717, 1.165) is 42.7 Å². The van der Waals surface area contributed by atoms with E-state index in [2.05, 4.69) is 26.6 Å². The number of amides is 1. The average molecular weight is 344 g/mol. The molecule has 0 bridgehead atoms. The lowest BCUT2D eigenvalue weighted by molar-refractivity contribution is -0.136. The molecule has 1 aromatic carbocycles. The van der Waals surface area contributed by atoms with Crippen LogP contribution in [-0.4, -0.2) is 75.8 Å². The third-order valence-electron chi connectivity index (χ3n) is 5.29. The maximum atomic E-state index is 12.7. The lowest BCUT2D eigenvalue weighted by atomic mass is 10.1. The molecule has 8 nitrogen and oxygen atoms in total. The van der Waals surface area contributed by atoms with E-state index in [-0.39, 0.29) is 24.6 Å². The average Bonchev–Trinajstić information content (AvgIpc) is 3.31. The van der Waals surface area contributed by atoms with Crippen molar-refractivity contribution in [2.75, 3.05) is 37.7 Å². The maximum absolute atomic E-state index is 12.7. The minimum absolute atomic E-state index is 0.0233. The Bertz CT molecular complexity index is 770. The largest absolute Gasteiger partial charge is 0.394 e. The number of carbonyl (C=O) groups excluding carboxylic acids is 1. The summed E-state index contributed by atoms with van der Waals surface area (Å²) in [7, 11) is 1.88. The SMILES string of the molecule is Cn1nnc2ccc(N3CCN(C(=O)C4CCCN4)[C@H](CO)C3)cc21. The molecule has 2 atom stereocenters.